The predicted molar refractivity (Wildman–Crippen MR) is 98.4 cm³/mol. The number of ketones is 1. The first-order valence-corrected chi connectivity index (χ1v) is 8.99. The Bertz CT molecular complexity index is 841. The van der Waals surface area contributed by atoms with E-state index < -0.39 is 0 Å². The number of carbonyl (C=O) groups excluding carboxylic acids is 1. The molecule has 1 heterocycles. The second kappa shape index (κ2) is 6.64. The lowest BCUT2D eigenvalue weighted by Crippen LogP contribution is -2.17. The summed E-state index contributed by atoms with van der Waals surface area (Å²) in [6.45, 7) is 0.805. The molecule has 1 fully saturated rings. The van der Waals surface area contributed by atoms with Gasteiger partial charge < -0.3 is 4.57 Å². The Hall–Kier alpha value is -2.35. The Morgan fingerprint density at radius 3 is 2.42 bits per heavy atom. The second-order valence-corrected chi connectivity index (χ2v) is 6.87. The number of benzene rings is 2. The lowest BCUT2D eigenvalue weighted by atomic mass is 9.84. The third-order valence-electron chi connectivity index (χ3n) is 5.23. The zero-order valence-electron chi connectivity index (χ0n) is 13.9. The monoisotopic (exact) mass is 317 g/mol. The molecule has 1 aliphatic rings. The summed E-state index contributed by atoms with van der Waals surface area (Å²) in [6.07, 6.45) is 7.85. The Morgan fingerprint density at radius 1 is 0.917 bits per heavy atom. The molecule has 0 spiro atoms. The molecule has 3 aromatic rings. The molecular formula is C22H23NO. The van der Waals surface area contributed by atoms with Gasteiger partial charge in [-0.1, -0.05) is 67.8 Å². The van der Waals surface area contributed by atoms with Gasteiger partial charge in [0.1, 0.15) is 0 Å². The zero-order valence-corrected chi connectivity index (χ0v) is 13.9. The molecule has 0 unspecified atom stereocenters. The summed E-state index contributed by atoms with van der Waals surface area (Å²) in [6, 6.07) is 18.7. The van der Waals surface area contributed by atoms with Crippen LogP contribution in [0.1, 0.15) is 48.0 Å². The highest BCUT2D eigenvalue weighted by Gasteiger charge is 2.25. The summed E-state index contributed by atoms with van der Waals surface area (Å²) < 4.78 is 2.22. The number of aromatic nitrogens is 1. The highest BCUT2D eigenvalue weighted by molar-refractivity contribution is 6.09. The van der Waals surface area contributed by atoms with Crippen LogP contribution >= 0.6 is 0 Å². The van der Waals surface area contributed by atoms with E-state index in [1.54, 1.807) is 0 Å². The van der Waals surface area contributed by atoms with Crippen molar-refractivity contribution in [1.29, 1.82) is 0 Å². The van der Waals surface area contributed by atoms with Gasteiger partial charge >= 0.3 is 0 Å². The fourth-order valence-electron chi connectivity index (χ4n) is 3.94. The normalized spacial score (nSPS) is 15.7. The minimum absolute atomic E-state index is 0.217. The van der Waals surface area contributed by atoms with Crippen molar-refractivity contribution in [2.45, 2.75) is 38.6 Å². The van der Waals surface area contributed by atoms with Gasteiger partial charge in [-0.05, 0) is 24.5 Å². The minimum atomic E-state index is 0.217. The number of carbonyl (C=O) groups is 1. The molecule has 1 saturated carbocycles. The van der Waals surface area contributed by atoms with Crippen molar-refractivity contribution >= 4 is 16.7 Å². The first-order valence-electron chi connectivity index (χ1n) is 8.99. The maximum Gasteiger partial charge on any atom is 0.168 e. The van der Waals surface area contributed by atoms with Crippen molar-refractivity contribution in [3.8, 4) is 0 Å². The van der Waals surface area contributed by atoms with E-state index in [2.05, 4.69) is 53.2 Å². The summed E-state index contributed by atoms with van der Waals surface area (Å²) in [5.74, 6) is 0.562. The van der Waals surface area contributed by atoms with E-state index in [1.807, 2.05) is 12.1 Å². The zero-order chi connectivity index (χ0) is 16.4. The molecular weight excluding hydrogens is 294 g/mol. The van der Waals surface area contributed by atoms with Gasteiger partial charge in [-0.15, -0.1) is 0 Å². The van der Waals surface area contributed by atoms with Gasteiger partial charge in [0.25, 0.3) is 0 Å². The van der Waals surface area contributed by atoms with Crippen molar-refractivity contribution in [3.05, 3.63) is 71.9 Å². The number of nitrogens with zero attached hydrogens (tertiary/aromatic N) is 1. The molecule has 0 aliphatic heterocycles. The van der Waals surface area contributed by atoms with Crippen LogP contribution in [0, 0.1) is 5.92 Å². The molecule has 0 radical (unpaired) electrons. The number of hydrogen-bond acceptors (Lipinski definition) is 1. The van der Waals surface area contributed by atoms with Gasteiger partial charge in [0.2, 0.25) is 0 Å². The Labute approximate surface area is 143 Å². The van der Waals surface area contributed by atoms with Gasteiger partial charge in [0.15, 0.2) is 5.78 Å². The predicted octanol–water partition coefficient (Wildman–Crippen LogP) is 5.45. The number of hydrogen-bond donors (Lipinski definition) is 0. The quantitative estimate of drug-likeness (QED) is 0.586. The van der Waals surface area contributed by atoms with E-state index in [0.717, 1.165) is 35.9 Å². The largest absolute Gasteiger partial charge is 0.342 e. The molecule has 24 heavy (non-hydrogen) atoms. The van der Waals surface area contributed by atoms with E-state index in [0.29, 0.717) is 5.78 Å². The molecule has 0 amide bonds. The van der Waals surface area contributed by atoms with Crippen molar-refractivity contribution in [3.63, 3.8) is 0 Å². The van der Waals surface area contributed by atoms with Crippen LogP contribution in [0.25, 0.3) is 10.9 Å². The Kier molecular flexibility index (Phi) is 4.20. The topological polar surface area (TPSA) is 22.0 Å². The smallest absolute Gasteiger partial charge is 0.168 e. The van der Waals surface area contributed by atoms with Gasteiger partial charge in [0.05, 0.1) is 0 Å². The SMILES string of the molecule is O=C(c1cn(Cc2ccccc2)c2ccccc12)C1CCCCC1. The van der Waals surface area contributed by atoms with E-state index in [4.69, 9.17) is 0 Å². The minimum Gasteiger partial charge on any atom is -0.342 e. The van der Waals surface area contributed by atoms with E-state index in [9.17, 15) is 4.79 Å². The molecule has 4 rings (SSSR count). The molecule has 0 saturated heterocycles. The third kappa shape index (κ3) is 2.89. The molecule has 0 atom stereocenters. The number of Topliss-reactive ketones (excluding diaryl/α,β-unsaturated/α-hetero) is 1. The van der Waals surface area contributed by atoms with Crippen LogP contribution in [0.2, 0.25) is 0 Å². The molecule has 2 nitrogen and oxygen atoms in total. The van der Waals surface area contributed by atoms with Crippen LogP contribution in [0.15, 0.2) is 60.8 Å². The van der Waals surface area contributed by atoms with Gasteiger partial charge in [-0.25, -0.2) is 0 Å². The second-order valence-electron chi connectivity index (χ2n) is 6.87. The van der Waals surface area contributed by atoms with Crippen LogP contribution < -0.4 is 0 Å². The van der Waals surface area contributed by atoms with Crippen molar-refractivity contribution in [2.75, 3.05) is 0 Å². The summed E-state index contributed by atoms with van der Waals surface area (Å²) in [4.78, 5) is 13.1. The maximum atomic E-state index is 13.1. The van der Waals surface area contributed by atoms with Gasteiger partial charge in [0, 0.05) is 35.1 Å². The standard InChI is InChI=1S/C22H23NO/c24-22(18-11-5-2-6-12-18)20-16-23(15-17-9-3-1-4-10-17)21-14-8-7-13-19(20)21/h1,3-4,7-10,13-14,16,18H,2,5-6,11-12,15H2. The average molecular weight is 317 g/mol. The van der Waals surface area contributed by atoms with Crippen LogP contribution in [0.5, 0.6) is 0 Å². The van der Waals surface area contributed by atoms with Gasteiger partial charge in [-0.3, -0.25) is 4.79 Å². The maximum absolute atomic E-state index is 13.1. The highest BCUT2D eigenvalue weighted by Crippen LogP contribution is 2.31. The van der Waals surface area contributed by atoms with Crippen LogP contribution in [-0.2, 0) is 6.54 Å². The van der Waals surface area contributed by atoms with Crippen LogP contribution in [0.4, 0.5) is 0 Å². The van der Waals surface area contributed by atoms with Gasteiger partial charge in [-0.2, -0.15) is 0 Å². The molecule has 1 aliphatic carbocycles. The highest BCUT2D eigenvalue weighted by atomic mass is 16.1. The summed E-state index contributed by atoms with van der Waals surface area (Å²) in [7, 11) is 0. The molecule has 2 aromatic carbocycles. The summed E-state index contributed by atoms with van der Waals surface area (Å²) in [5, 5.41) is 1.10. The van der Waals surface area contributed by atoms with Crippen LogP contribution in [-0.4, -0.2) is 10.4 Å². The average Bonchev–Trinajstić information content (AvgIpc) is 3.01. The number of para-hydroxylation sites is 1. The fourth-order valence-corrected chi connectivity index (χ4v) is 3.94. The lowest BCUT2D eigenvalue weighted by Gasteiger charge is -2.19. The summed E-state index contributed by atoms with van der Waals surface area (Å²) in [5.41, 5.74) is 3.32. The first kappa shape index (κ1) is 15.2. The molecule has 0 bridgehead atoms. The fraction of sp³-hybridized carbons (Fsp3) is 0.318. The summed E-state index contributed by atoms with van der Waals surface area (Å²) >= 11 is 0. The van der Waals surface area contributed by atoms with Crippen LogP contribution in [0.3, 0.4) is 0 Å². The van der Waals surface area contributed by atoms with E-state index >= 15 is 0 Å². The Balaban J connectivity index is 1.72. The van der Waals surface area contributed by atoms with E-state index in [1.165, 1.54) is 24.8 Å². The van der Waals surface area contributed by atoms with Crippen molar-refractivity contribution in [1.82, 2.24) is 4.57 Å². The first-order chi connectivity index (χ1) is 11.8. The molecule has 0 N–H and O–H groups in total. The third-order valence-corrected chi connectivity index (χ3v) is 5.23. The number of fused-ring (bicyclic) bond motifs is 1. The Morgan fingerprint density at radius 2 is 1.62 bits per heavy atom. The van der Waals surface area contributed by atoms with Crippen molar-refractivity contribution < 1.29 is 4.79 Å². The molecule has 1 aromatic heterocycles. The number of rotatable bonds is 4. The lowest BCUT2D eigenvalue weighted by molar-refractivity contribution is 0.0891. The van der Waals surface area contributed by atoms with Crippen molar-refractivity contribution in [2.24, 2.45) is 5.92 Å². The molecule has 2 heteroatoms. The molecule has 122 valence electrons. The van der Waals surface area contributed by atoms with E-state index in [-0.39, 0.29) is 5.92 Å².